The van der Waals surface area contributed by atoms with Crippen LogP contribution >= 0.6 is 22.9 Å². The largest absolute Gasteiger partial charge is 0.354 e. The Labute approximate surface area is 93.0 Å². The van der Waals surface area contributed by atoms with Gasteiger partial charge in [-0.15, -0.1) is 11.3 Å². The van der Waals surface area contributed by atoms with Crippen LogP contribution in [0.1, 0.15) is 10.9 Å². The third kappa shape index (κ3) is 2.68. The van der Waals surface area contributed by atoms with Crippen LogP contribution in [0.2, 0.25) is 4.34 Å². The topological polar surface area (TPSA) is 30.5 Å². The van der Waals surface area contributed by atoms with Crippen LogP contribution in [0.3, 0.4) is 0 Å². The molecular weight excluding hydrogens is 222 g/mol. The SMILES string of the molecule is CNC(c1ccc(Cl)s1)C(OC)OC. The number of hydrogen-bond acceptors (Lipinski definition) is 4. The lowest BCUT2D eigenvalue weighted by Gasteiger charge is -2.23. The number of likely N-dealkylation sites (N-methyl/N-ethyl adjacent to an activating group) is 1. The van der Waals surface area contributed by atoms with E-state index >= 15 is 0 Å². The summed E-state index contributed by atoms with van der Waals surface area (Å²) in [7, 11) is 5.10. The molecule has 1 rings (SSSR count). The van der Waals surface area contributed by atoms with E-state index in [4.69, 9.17) is 21.1 Å². The van der Waals surface area contributed by atoms with Crippen molar-refractivity contribution in [3.05, 3.63) is 21.3 Å². The zero-order chi connectivity index (χ0) is 10.6. The lowest BCUT2D eigenvalue weighted by molar-refractivity contribution is -0.122. The van der Waals surface area contributed by atoms with Crippen LogP contribution in [0.25, 0.3) is 0 Å². The van der Waals surface area contributed by atoms with Crippen LogP contribution < -0.4 is 5.32 Å². The average Bonchev–Trinajstić information content (AvgIpc) is 2.60. The Morgan fingerprint density at radius 2 is 2.00 bits per heavy atom. The highest BCUT2D eigenvalue weighted by molar-refractivity contribution is 7.16. The summed E-state index contributed by atoms with van der Waals surface area (Å²) in [6, 6.07) is 3.86. The fourth-order valence-electron chi connectivity index (χ4n) is 1.28. The van der Waals surface area contributed by atoms with E-state index in [-0.39, 0.29) is 12.3 Å². The van der Waals surface area contributed by atoms with Gasteiger partial charge < -0.3 is 14.8 Å². The summed E-state index contributed by atoms with van der Waals surface area (Å²) < 4.78 is 11.2. The minimum Gasteiger partial charge on any atom is -0.354 e. The summed E-state index contributed by atoms with van der Waals surface area (Å²) in [5.74, 6) is 0. The van der Waals surface area contributed by atoms with Crippen molar-refractivity contribution in [3.8, 4) is 0 Å². The van der Waals surface area contributed by atoms with Crippen molar-refractivity contribution in [2.45, 2.75) is 12.3 Å². The minimum atomic E-state index is -0.297. The Kier molecular flexibility index (Phi) is 4.84. The van der Waals surface area contributed by atoms with Gasteiger partial charge in [-0.05, 0) is 19.2 Å². The van der Waals surface area contributed by atoms with Gasteiger partial charge in [0.1, 0.15) is 0 Å². The van der Waals surface area contributed by atoms with Crippen LogP contribution in [-0.2, 0) is 9.47 Å². The van der Waals surface area contributed by atoms with E-state index in [1.807, 2.05) is 19.2 Å². The molecule has 14 heavy (non-hydrogen) atoms. The van der Waals surface area contributed by atoms with Gasteiger partial charge in [-0.3, -0.25) is 0 Å². The average molecular weight is 236 g/mol. The second-order valence-corrected chi connectivity index (χ2v) is 4.49. The van der Waals surface area contributed by atoms with E-state index in [1.165, 1.54) is 11.3 Å². The number of hydrogen-bond donors (Lipinski definition) is 1. The van der Waals surface area contributed by atoms with Crippen LogP contribution in [-0.4, -0.2) is 27.6 Å². The molecule has 0 radical (unpaired) electrons. The number of rotatable bonds is 5. The van der Waals surface area contributed by atoms with E-state index < -0.39 is 0 Å². The Morgan fingerprint density at radius 1 is 1.36 bits per heavy atom. The van der Waals surface area contributed by atoms with Crippen molar-refractivity contribution in [2.75, 3.05) is 21.3 Å². The smallest absolute Gasteiger partial charge is 0.177 e. The summed E-state index contributed by atoms with van der Waals surface area (Å²) in [6.07, 6.45) is -0.297. The fourth-order valence-corrected chi connectivity index (χ4v) is 2.46. The minimum absolute atomic E-state index is 0.0162. The fraction of sp³-hybridized carbons (Fsp3) is 0.556. The van der Waals surface area contributed by atoms with Gasteiger partial charge in [0.05, 0.1) is 10.4 Å². The van der Waals surface area contributed by atoms with Crippen molar-refractivity contribution < 1.29 is 9.47 Å². The molecule has 0 amide bonds. The van der Waals surface area contributed by atoms with Crippen LogP contribution in [0.15, 0.2) is 12.1 Å². The third-order valence-electron chi connectivity index (χ3n) is 1.95. The van der Waals surface area contributed by atoms with Gasteiger partial charge >= 0.3 is 0 Å². The van der Waals surface area contributed by atoms with Crippen LogP contribution in [0.5, 0.6) is 0 Å². The lowest BCUT2D eigenvalue weighted by atomic mass is 10.2. The maximum absolute atomic E-state index is 5.86. The highest BCUT2D eigenvalue weighted by atomic mass is 35.5. The molecule has 0 bridgehead atoms. The molecule has 1 aromatic rings. The maximum atomic E-state index is 5.86. The molecule has 5 heteroatoms. The first kappa shape index (κ1) is 11.9. The van der Waals surface area contributed by atoms with Crippen molar-refractivity contribution in [3.63, 3.8) is 0 Å². The van der Waals surface area contributed by atoms with Gasteiger partial charge in [0.15, 0.2) is 6.29 Å². The predicted octanol–water partition coefficient (Wildman–Crippen LogP) is 2.28. The summed E-state index contributed by atoms with van der Waals surface area (Å²) in [4.78, 5) is 1.10. The number of nitrogens with one attached hydrogen (secondary N) is 1. The molecule has 1 N–H and O–H groups in total. The Balaban J connectivity index is 2.80. The summed E-state index contributed by atoms with van der Waals surface area (Å²) >= 11 is 7.38. The van der Waals surface area contributed by atoms with Crippen LogP contribution in [0.4, 0.5) is 0 Å². The van der Waals surface area contributed by atoms with E-state index in [2.05, 4.69) is 5.32 Å². The highest BCUT2D eigenvalue weighted by Crippen LogP contribution is 2.29. The molecule has 0 spiro atoms. The highest BCUT2D eigenvalue weighted by Gasteiger charge is 2.22. The normalized spacial score (nSPS) is 13.5. The predicted molar refractivity (Wildman–Crippen MR) is 58.9 cm³/mol. The van der Waals surface area contributed by atoms with E-state index in [9.17, 15) is 0 Å². The molecule has 0 aliphatic rings. The number of halogens is 1. The van der Waals surface area contributed by atoms with Crippen molar-refractivity contribution in [1.82, 2.24) is 5.32 Å². The van der Waals surface area contributed by atoms with Crippen molar-refractivity contribution in [2.24, 2.45) is 0 Å². The molecular formula is C9H14ClNO2S. The summed E-state index contributed by atoms with van der Waals surface area (Å²) in [6.45, 7) is 0. The van der Waals surface area contributed by atoms with Gasteiger partial charge in [-0.1, -0.05) is 11.6 Å². The van der Waals surface area contributed by atoms with E-state index in [1.54, 1.807) is 14.2 Å². The second-order valence-electron chi connectivity index (χ2n) is 2.75. The van der Waals surface area contributed by atoms with Crippen molar-refractivity contribution in [1.29, 1.82) is 0 Å². The molecule has 3 nitrogen and oxygen atoms in total. The molecule has 80 valence electrons. The Hall–Kier alpha value is -0.130. The van der Waals surface area contributed by atoms with Gasteiger partial charge in [-0.2, -0.15) is 0 Å². The van der Waals surface area contributed by atoms with E-state index in [0.717, 1.165) is 9.21 Å². The number of methoxy groups -OCH3 is 2. The number of thiophene rings is 1. The summed E-state index contributed by atoms with van der Waals surface area (Å²) in [5.41, 5.74) is 0. The lowest BCUT2D eigenvalue weighted by Crippen LogP contribution is -2.31. The van der Waals surface area contributed by atoms with Gasteiger partial charge in [0, 0.05) is 19.1 Å². The molecule has 1 heterocycles. The Morgan fingerprint density at radius 3 is 2.36 bits per heavy atom. The second kappa shape index (κ2) is 5.68. The first-order valence-electron chi connectivity index (χ1n) is 4.21. The monoisotopic (exact) mass is 235 g/mol. The molecule has 1 unspecified atom stereocenters. The first-order chi connectivity index (χ1) is 6.72. The first-order valence-corrected chi connectivity index (χ1v) is 5.40. The molecule has 0 fully saturated rings. The molecule has 0 saturated heterocycles. The Bertz CT molecular complexity index is 276. The third-order valence-corrected chi connectivity index (χ3v) is 3.26. The zero-order valence-electron chi connectivity index (χ0n) is 8.41. The number of ether oxygens (including phenoxy) is 2. The standard InChI is InChI=1S/C9H14ClNO2S/c1-11-8(9(12-2)13-3)6-4-5-7(10)14-6/h4-5,8-9,11H,1-3H3. The van der Waals surface area contributed by atoms with Gasteiger partial charge in [0.25, 0.3) is 0 Å². The van der Waals surface area contributed by atoms with Crippen molar-refractivity contribution >= 4 is 22.9 Å². The molecule has 1 atom stereocenters. The maximum Gasteiger partial charge on any atom is 0.177 e. The van der Waals surface area contributed by atoms with E-state index in [0.29, 0.717) is 0 Å². The van der Waals surface area contributed by atoms with Crippen LogP contribution in [0, 0.1) is 0 Å². The molecule has 0 aliphatic carbocycles. The molecule has 1 aromatic heterocycles. The summed E-state index contributed by atoms with van der Waals surface area (Å²) in [5, 5.41) is 3.14. The molecule has 0 saturated carbocycles. The molecule has 0 aromatic carbocycles. The molecule has 0 aliphatic heterocycles. The zero-order valence-corrected chi connectivity index (χ0v) is 9.98. The van der Waals surface area contributed by atoms with Gasteiger partial charge in [0.2, 0.25) is 0 Å². The van der Waals surface area contributed by atoms with Gasteiger partial charge in [-0.25, -0.2) is 0 Å². The quantitative estimate of drug-likeness (QED) is 0.795.